The van der Waals surface area contributed by atoms with Gasteiger partial charge < -0.3 is 4.74 Å². The summed E-state index contributed by atoms with van der Waals surface area (Å²) in [7, 11) is 0. The molecule has 0 aromatic heterocycles. The van der Waals surface area contributed by atoms with Gasteiger partial charge >= 0.3 is 17.4 Å². The van der Waals surface area contributed by atoms with Crippen LogP contribution in [-0.2, 0) is 4.79 Å². The fourth-order valence-electron chi connectivity index (χ4n) is 1.41. The van der Waals surface area contributed by atoms with E-state index in [1.54, 1.807) is 0 Å². The van der Waals surface area contributed by atoms with Crippen molar-refractivity contribution in [2.75, 3.05) is 0 Å². The van der Waals surface area contributed by atoms with Crippen LogP contribution in [0, 0.1) is 12.3 Å². The van der Waals surface area contributed by atoms with E-state index in [4.69, 9.17) is 18.0 Å². The monoisotopic (exact) mass is 322 g/mol. The summed E-state index contributed by atoms with van der Waals surface area (Å²) in [6.07, 6.45) is 0.263. The van der Waals surface area contributed by atoms with E-state index in [0.717, 1.165) is 25.1 Å². The third kappa shape index (κ3) is 4.46. The molecule has 0 aliphatic heterocycles. The van der Waals surface area contributed by atoms with Crippen molar-refractivity contribution in [3.63, 3.8) is 0 Å². The third-order valence-corrected chi connectivity index (χ3v) is 2.43. The number of ether oxygens (including phenoxy) is 1. The highest BCUT2D eigenvalue weighted by Crippen LogP contribution is 2.29. The molecular weight excluding hydrogens is 314 g/mol. The third-order valence-electron chi connectivity index (χ3n) is 2.27. The number of benzene rings is 1. The summed E-state index contributed by atoms with van der Waals surface area (Å²) >= 11 is 5.22. The average Bonchev–Trinajstić information content (AvgIpc) is 2.33. The number of carbonyl (C=O) groups is 1. The highest BCUT2D eigenvalue weighted by Gasteiger charge is 2.41. The molecule has 1 amide bonds. The zero-order valence-electron chi connectivity index (χ0n) is 10.7. The van der Waals surface area contributed by atoms with Crippen molar-refractivity contribution in [2.45, 2.75) is 18.4 Å². The van der Waals surface area contributed by atoms with Crippen LogP contribution in [-0.4, -0.2) is 28.7 Å². The first kappa shape index (κ1) is 17.0. The SMILES string of the molecule is C#Cc1cc(OC(F)(F)F)ccc1[N+](=C)C(=O)C(C)(F)Cl. The standard InChI is InChI=1S/C13H9ClF4NO2/c1-4-8-7-9(21-13(16,17)18)5-6-10(8)19(3)11(20)12(2,14)15/h1,5-7H,3H2,2H3/q+1. The van der Waals surface area contributed by atoms with Gasteiger partial charge in [0, 0.05) is 12.1 Å². The molecule has 0 bridgehead atoms. The maximum absolute atomic E-state index is 13.4. The Morgan fingerprint density at radius 1 is 1.43 bits per heavy atom. The van der Waals surface area contributed by atoms with E-state index in [2.05, 4.69) is 17.4 Å². The Morgan fingerprint density at radius 3 is 2.43 bits per heavy atom. The second-order valence-electron chi connectivity index (χ2n) is 3.99. The van der Waals surface area contributed by atoms with Gasteiger partial charge in [-0.2, -0.15) is 0 Å². The first-order valence-electron chi connectivity index (χ1n) is 5.35. The lowest BCUT2D eigenvalue weighted by Crippen LogP contribution is -2.31. The number of carbonyl (C=O) groups excluding carboxylic acids is 1. The molecule has 0 N–H and O–H groups in total. The van der Waals surface area contributed by atoms with Gasteiger partial charge in [-0.15, -0.1) is 24.2 Å². The van der Waals surface area contributed by atoms with E-state index >= 15 is 0 Å². The predicted molar refractivity (Wildman–Crippen MR) is 68.5 cm³/mol. The number of halogens is 5. The number of nitrogens with zero attached hydrogens (tertiary/aromatic N) is 1. The molecule has 0 heterocycles. The van der Waals surface area contributed by atoms with Crippen molar-refractivity contribution in [1.82, 2.24) is 0 Å². The Hall–Kier alpha value is -2.07. The lowest BCUT2D eigenvalue weighted by atomic mass is 10.1. The average molecular weight is 323 g/mol. The van der Waals surface area contributed by atoms with E-state index in [0.29, 0.717) is 4.58 Å². The van der Waals surface area contributed by atoms with Crippen molar-refractivity contribution in [2.24, 2.45) is 0 Å². The molecule has 1 rings (SSSR count). The van der Waals surface area contributed by atoms with Gasteiger partial charge in [0.25, 0.3) is 0 Å². The Labute approximate surface area is 122 Å². The van der Waals surface area contributed by atoms with E-state index < -0.39 is 23.1 Å². The van der Waals surface area contributed by atoms with Crippen molar-refractivity contribution in [3.8, 4) is 18.1 Å². The van der Waals surface area contributed by atoms with Crippen molar-refractivity contribution in [1.29, 1.82) is 0 Å². The number of amides is 1. The van der Waals surface area contributed by atoms with Crippen LogP contribution in [0.3, 0.4) is 0 Å². The van der Waals surface area contributed by atoms with Gasteiger partial charge in [-0.1, -0.05) is 17.5 Å². The van der Waals surface area contributed by atoms with Crippen LogP contribution < -0.4 is 4.74 Å². The Kier molecular flexibility index (Phi) is 4.64. The fourth-order valence-corrected chi connectivity index (χ4v) is 1.51. The molecule has 21 heavy (non-hydrogen) atoms. The van der Waals surface area contributed by atoms with Gasteiger partial charge in [-0.05, 0) is 13.0 Å². The van der Waals surface area contributed by atoms with E-state index in [9.17, 15) is 22.4 Å². The molecule has 0 aliphatic carbocycles. The number of rotatable bonds is 3. The van der Waals surface area contributed by atoms with Crippen LogP contribution in [0.5, 0.6) is 5.75 Å². The van der Waals surface area contributed by atoms with Gasteiger partial charge in [0.2, 0.25) is 5.69 Å². The molecule has 8 heteroatoms. The molecule has 1 aromatic rings. The number of alkyl halides is 5. The zero-order valence-corrected chi connectivity index (χ0v) is 11.4. The van der Waals surface area contributed by atoms with Gasteiger partial charge in [0.15, 0.2) is 0 Å². The maximum atomic E-state index is 13.4. The molecule has 1 atom stereocenters. The Balaban J connectivity index is 3.20. The van der Waals surface area contributed by atoms with Crippen molar-refractivity contribution >= 4 is 29.9 Å². The number of hydrogen-bond donors (Lipinski definition) is 0. The highest BCUT2D eigenvalue weighted by atomic mass is 35.5. The van der Waals surface area contributed by atoms with Crippen LogP contribution >= 0.6 is 11.6 Å². The fraction of sp³-hybridized carbons (Fsp3) is 0.231. The molecule has 0 aliphatic rings. The summed E-state index contributed by atoms with van der Waals surface area (Å²) in [6.45, 7) is 4.09. The summed E-state index contributed by atoms with van der Waals surface area (Å²) in [5.41, 5.74) is -0.220. The van der Waals surface area contributed by atoms with Gasteiger partial charge in [0.1, 0.15) is 18.0 Å². The number of hydrogen-bond acceptors (Lipinski definition) is 2. The Bertz CT molecular complexity index is 627. The van der Waals surface area contributed by atoms with Crippen LogP contribution in [0.1, 0.15) is 12.5 Å². The molecule has 0 fully saturated rings. The van der Waals surface area contributed by atoms with Crippen LogP contribution in [0.15, 0.2) is 18.2 Å². The normalized spacial score (nSPS) is 14.0. The molecule has 0 radical (unpaired) electrons. The molecule has 0 saturated heterocycles. The Morgan fingerprint density at radius 2 is 2.00 bits per heavy atom. The topological polar surface area (TPSA) is 29.3 Å². The molecule has 3 nitrogen and oxygen atoms in total. The molecule has 1 unspecified atom stereocenters. The summed E-state index contributed by atoms with van der Waals surface area (Å²) in [6, 6.07) is 2.83. The van der Waals surface area contributed by atoms with E-state index in [1.807, 2.05) is 0 Å². The summed E-state index contributed by atoms with van der Waals surface area (Å²) in [4.78, 5) is 11.6. The summed E-state index contributed by atoms with van der Waals surface area (Å²) in [5, 5.41) is -2.73. The van der Waals surface area contributed by atoms with E-state index in [1.165, 1.54) is 0 Å². The maximum Gasteiger partial charge on any atom is 0.573 e. The first-order chi connectivity index (χ1) is 9.45. The summed E-state index contributed by atoms with van der Waals surface area (Å²) in [5.74, 6) is 0.270. The highest BCUT2D eigenvalue weighted by molar-refractivity contribution is 6.32. The predicted octanol–water partition coefficient (Wildman–Crippen LogP) is 3.36. The summed E-state index contributed by atoms with van der Waals surface area (Å²) < 4.78 is 53.9. The van der Waals surface area contributed by atoms with Crippen LogP contribution in [0.4, 0.5) is 23.2 Å². The van der Waals surface area contributed by atoms with E-state index in [-0.39, 0.29) is 11.3 Å². The van der Waals surface area contributed by atoms with Crippen molar-refractivity contribution in [3.05, 3.63) is 23.8 Å². The second-order valence-corrected chi connectivity index (χ2v) is 4.70. The molecule has 0 spiro atoms. The van der Waals surface area contributed by atoms with Crippen molar-refractivity contribution < 1.29 is 31.7 Å². The second kappa shape index (κ2) is 5.74. The minimum absolute atomic E-state index is 0.0819. The van der Waals surface area contributed by atoms with Crippen LogP contribution in [0.25, 0.3) is 0 Å². The zero-order chi connectivity index (χ0) is 16.4. The smallest absolute Gasteiger partial charge is 0.406 e. The molecule has 112 valence electrons. The van der Waals surface area contributed by atoms with Gasteiger partial charge in [0.05, 0.1) is 0 Å². The molecule has 0 saturated carbocycles. The van der Waals surface area contributed by atoms with Gasteiger partial charge in [-0.25, -0.2) is 9.18 Å². The lowest BCUT2D eigenvalue weighted by molar-refractivity contribution is -0.366. The van der Waals surface area contributed by atoms with Gasteiger partial charge in [-0.3, -0.25) is 0 Å². The minimum Gasteiger partial charge on any atom is -0.406 e. The quantitative estimate of drug-likeness (QED) is 0.281. The first-order valence-corrected chi connectivity index (χ1v) is 5.73. The number of terminal acetylenes is 1. The lowest BCUT2D eigenvalue weighted by Gasteiger charge is -2.11. The van der Waals surface area contributed by atoms with Crippen LogP contribution in [0.2, 0.25) is 0 Å². The largest absolute Gasteiger partial charge is 0.573 e. The minimum atomic E-state index is -4.89. The molecule has 1 aromatic carbocycles. The molecular formula is C13H9ClF4NO2+.